The van der Waals surface area contributed by atoms with Crippen molar-refractivity contribution in [2.45, 2.75) is 311 Å². The summed E-state index contributed by atoms with van der Waals surface area (Å²) in [6.07, 6.45) is 27.6. The third kappa shape index (κ3) is 29.8. The van der Waals surface area contributed by atoms with Gasteiger partial charge in [-0.25, -0.2) is 0 Å². The van der Waals surface area contributed by atoms with Gasteiger partial charge in [-0.15, -0.1) is 0 Å². The first kappa shape index (κ1) is 74.7. The molecular weight excluding hydrogens is 1070 g/mol. The lowest BCUT2D eigenvalue weighted by atomic mass is 9.96. The summed E-state index contributed by atoms with van der Waals surface area (Å²) in [5.41, 5.74) is 0. The number of unbranched alkanes of at least 4 members (excludes halogenated alkanes) is 21. The van der Waals surface area contributed by atoms with Crippen molar-refractivity contribution in [1.29, 1.82) is 0 Å². The van der Waals surface area contributed by atoms with Gasteiger partial charge in [0.2, 0.25) is 5.91 Å². The molecule has 0 aromatic carbocycles. The first-order valence-electron chi connectivity index (χ1n) is 32.0. The maximum Gasteiger partial charge on any atom is 0.220 e. The second kappa shape index (κ2) is 46.6. The number of nitrogens with one attached hydrogen (secondary N) is 1. The van der Waals surface area contributed by atoms with E-state index < -0.39 is 124 Å². The molecule has 3 saturated heterocycles. The lowest BCUT2D eigenvalue weighted by Gasteiger charge is -2.48. The van der Waals surface area contributed by atoms with Crippen molar-refractivity contribution in [3.63, 3.8) is 0 Å². The van der Waals surface area contributed by atoms with Crippen molar-refractivity contribution in [3.05, 3.63) is 60.8 Å². The summed E-state index contributed by atoms with van der Waals surface area (Å²) in [5, 5.41) is 120. The number of allylic oxidation sites excluding steroid dienone is 10. The molecule has 0 spiro atoms. The first-order valence-corrected chi connectivity index (χ1v) is 32.0. The molecule has 17 atom stereocenters. The van der Waals surface area contributed by atoms with E-state index in [1.165, 1.54) is 89.9 Å². The second-order valence-corrected chi connectivity index (χ2v) is 22.8. The van der Waals surface area contributed by atoms with Gasteiger partial charge in [0, 0.05) is 6.42 Å². The Bertz CT molecular complexity index is 1750. The van der Waals surface area contributed by atoms with Gasteiger partial charge in [-0.2, -0.15) is 0 Å². The molecule has 12 N–H and O–H groups in total. The highest BCUT2D eigenvalue weighted by atomic mass is 16.8. The Morgan fingerprint density at radius 1 is 0.446 bits per heavy atom. The van der Waals surface area contributed by atoms with Crippen molar-refractivity contribution in [2.24, 2.45) is 0 Å². The van der Waals surface area contributed by atoms with E-state index in [4.69, 9.17) is 28.4 Å². The highest BCUT2D eigenvalue weighted by Crippen LogP contribution is 2.33. The summed E-state index contributed by atoms with van der Waals surface area (Å²) >= 11 is 0. The Hall–Kier alpha value is -2.51. The number of amides is 1. The van der Waals surface area contributed by atoms with Crippen molar-refractivity contribution in [1.82, 2.24) is 5.32 Å². The standard InChI is InChI=1S/C64H113NO18/c1-3-5-7-9-11-13-14-15-16-17-18-19-20-21-22-23-24-25-26-27-28-29-30-31-32-34-36-38-40-42-52(70)65-47(48(69)41-39-37-35-33-12-10-8-6-4-2)46-78-62-58(76)55(73)60(50(44-67)80-62)83-64-59(77)56(74)61(51(45-68)81-64)82-63-57(75)54(72)53(71)49(43-66)79-63/h5,7,11,13,15-16,18-19,21-22,47-51,53-64,66-69,71-77H,3-4,6,8-10,12,14,17,20,23-46H2,1-2H3,(H,65,70)/b7-5-,13-11-,16-15-,19-18-,22-21-. The molecule has 0 bridgehead atoms. The molecule has 19 nitrogen and oxygen atoms in total. The largest absolute Gasteiger partial charge is 0.394 e. The SMILES string of the molecule is CC/C=C\C/C=C\C/C=C\C/C=C\C/C=C\CCCCCCCCCCCCCCCC(=O)NC(COC1OC(CO)C(OC2OC(CO)C(OC3OC(CO)C(O)C(O)C3O)C(O)C2O)C(O)C1O)C(O)CCCCCCCCCCC. The van der Waals surface area contributed by atoms with Gasteiger partial charge in [0.05, 0.1) is 38.6 Å². The minimum atomic E-state index is -1.97. The van der Waals surface area contributed by atoms with E-state index in [1.807, 2.05) is 0 Å². The number of rotatable bonds is 47. The number of aliphatic hydroxyl groups excluding tert-OH is 11. The zero-order chi connectivity index (χ0) is 60.5. The monoisotopic (exact) mass is 1180 g/mol. The maximum atomic E-state index is 13.3. The topological polar surface area (TPSA) is 307 Å². The highest BCUT2D eigenvalue weighted by molar-refractivity contribution is 5.76. The number of carbonyl (C=O) groups is 1. The van der Waals surface area contributed by atoms with E-state index in [2.05, 4.69) is 79.9 Å². The van der Waals surface area contributed by atoms with Crippen LogP contribution < -0.4 is 5.32 Å². The molecule has 83 heavy (non-hydrogen) atoms. The molecule has 0 saturated carbocycles. The van der Waals surface area contributed by atoms with Gasteiger partial charge in [0.1, 0.15) is 73.2 Å². The van der Waals surface area contributed by atoms with Crippen LogP contribution in [0.2, 0.25) is 0 Å². The molecule has 3 heterocycles. The number of ether oxygens (including phenoxy) is 6. The Morgan fingerprint density at radius 3 is 1.30 bits per heavy atom. The molecule has 3 fully saturated rings. The zero-order valence-electron chi connectivity index (χ0n) is 50.4. The van der Waals surface area contributed by atoms with Crippen LogP contribution in [-0.2, 0) is 33.2 Å². The molecule has 482 valence electrons. The smallest absolute Gasteiger partial charge is 0.220 e. The van der Waals surface area contributed by atoms with Gasteiger partial charge < -0.3 is 89.9 Å². The molecule has 0 aromatic heterocycles. The lowest BCUT2D eigenvalue weighted by Crippen LogP contribution is -2.66. The molecule has 1 amide bonds. The highest BCUT2D eigenvalue weighted by Gasteiger charge is 2.53. The van der Waals surface area contributed by atoms with Crippen LogP contribution in [-0.4, -0.2) is 193 Å². The third-order valence-corrected chi connectivity index (χ3v) is 15.9. The van der Waals surface area contributed by atoms with Crippen LogP contribution in [0.4, 0.5) is 0 Å². The minimum Gasteiger partial charge on any atom is -0.394 e. The van der Waals surface area contributed by atoms with Crippen molar-refractivity contribution in [3.8, 4) is 0 Å². The second-order valence-electron chi connectivity index (χ2n) is 22.8. The van der Waals surface area contributed by atoms with E-state index in [0.717, 1.165) is 83.5 Å². The fourth-order valence-electron chi connectivity index (χ4n) is 10.6. The summed E-state index contributed by atoms with van der Waals surface area (Å²) in [7, 11) is 0. The van der Waals surface area contributed by atoms with Gasteiger partial charge >= 0.3 is 0 Å². The number of carbonyl (C=O) groups excluding carboxylic acids is 1. The molecule has 3 aliphatic rings. The average Bonchev–Trinajstić information content (AvgIpc) is 3.25. The van der Waals surface area contributed by atoms with E-state index >= 15 is 0 Å². The first-order chi connectivity index (χ1) is 40.3. The van der Waals surface area contributed by atoms with Crippen molar-refractivity contribution >= 4 is 5.91 Å². The van der Waals surface area contributed by atoms with Crippen LogP contribution in [0.5, 0.6) is 0 Å². The van der Waals surface area contributed by atoms with Gasteiger partial charge in [-0.3, -0.25) is 4.79 Å². The van der Waals surface area contributed by atoms with Crippen LogP contribution >= 0.6 is 0 Å². The molecule has 19 heteroatoms. The van der Waals surface area contributed by atoms with Gasteiger partial charge in [-0.1, -0.05) is 203 Å². The molecule has 3 aliphatic heterocycles. The Labute approximate surface area is 496 Å². The Kier molecular flexibility index (Phi) is 42.0. The Balaban J connectivity index is 1.37. The predicted octanol–water partition coefficient (Wildman–Crippen LogP) is 6.82. The predicted molar refractivity (Wildman–Crippen MR) is 318 cm³/mol. The molecule has 3 rings (SSSR count). The lowest BCUT2D eigenvalue weighted by molar-refractivity contribution is -0.379. The van der Waals surface area contributed by atoms with Gasteiger partial charge in [0.15, 0.2) is 18.9 Å². The number of hydrogen-bond donors (Lipinski definition) is 12. The molecule has 17 unspecified atom stereocenters. The molecular formula is C64H113NO18. The Morgan fingerprint density at radius 2 is 0.831 bits per heavy atom. The van der Waals surface area contributed by atoms with E-state index in [-0.39, 0.29) is 18.9 Å². The summed E-state index contributed by atoms with van der Waals surface area (Å²) < 4.78 is 34.3. The quantitative estimate of drug-likeness (QED) is 0.0220. The van der Waals surface area contributed by atoms with E-state index in [9.17, 15) is 61.0 Å². The molecule has 0 aromatic rings. The van der Waals surface area contributed by atoms with Gasteiger partial charge in [-0.05, 0) is 57.8 Å². The van der Waals surface area contributed by atoms with Crippen LogP contribution in [0.1, 0.15) is 206 Å². The normalized spacial score (nSPS) is 29.8. The van der Waals surface area contributed by atoms with E-state index in [1.54, 1.807) is 0 Å². The average molecular weight is 1180 g/mol. The fourth-order valence-corrected chi connectivity index (χ4v) is 10.6. The fraction of sp³-hybridized carbons (Fsp3) is 0.828. The summed E-state index contributed by atoms with van der Waals surface area (Å²) in [6, 6.07) is -0.888. The van der Waals surface area contributed by atoms with Crippen molar-refractivity contribution < 1.29 is 89.4 Å². The summed E-state index contributed by atoms with van der Waals surface area (Å²) in [6.45, 7) is 1.63. The van der Waals surface area contributed by atoms with Crippen LogP contribution in [0, 0.1) is 0 Å². The minimum absolute atomic E-state index is 0.249. The third-order valence-electron chi connectivity index (χ3n) is 15.9. The number of hydrogen-bond acceptors (Lipinski definition) is 18. The van der Waals surface area contributed by atoms with Crippen LogP contribution in [0.3, 0.4) is 0 Å². The maximum absolute atomic E-state index is 13.3. The van der Waals surface area contributed by atoms with Crippen LogP contribution in [0.25, 0.3) is 0 Å². The zero-order valence-corrected chi connectivity index (χ0v) is 50.4. The summed E-state index contributed by atoms with van der Waals surface area (Å²) in [4.78, 5) is 13.3. The van der Waals surface area contributed by atoms with Crippen LogP contribution in [0.15, 0.2) is 60.8 Å². The molecule has 0 aliphatic carbocycles. The van der Waals surface area contributed by atoms with Gasteiger partial charge in [0.25, 0.3) is 0 Å². The van der Waals surface area contributed by atoms with Crippen molar-refractivity contribution in [2.75, 3.05) is 26.4 Å². The van der Waals surface area contributed by atoms with E-state index in [0.29, 0.717) is 12.8 Å². The molecule has 0 radical (unpaired) electrons. The summed E-state index contributed by atoms with van der Waals surface area (Å²) in [5.74, 6) is -0.249. The number of aliphatic hydroxyl groups is 11.